The number of halogens is 1. The number of hydrogen-bond acceptors (Lipinski definition) is 6. The van der Waals surface area contributed by atoms with Gasteiger partial charge in [-0.1, -0.05) is 28.1 Å². The van der Waals surface area contributed by atoms with Crippen molar-refractivity contribution in [3.63, 3.8) is 0 Å². The fraction of sp³-hybridized carbons (Fsp3) is 0.120. The van der Waals surface area contributed by atoms with E-state index >= 15 is 0 Å². The van der Waals surface area contributed by atoms with Crippen molar-refractivity contribution in [2.75, 3.05) is 24.4 Å². The topological polar surface area (TPSA) is 118 Å². The lowest BCUT2D eigenvalue weighted by molar-refractivity contribution is -0.136. The number of nitrogens with one attached hydrogen (secondary N) is 3. The summed E-state index contributed by atoms with van der Waals surface area (Å²) in [5.41, 5.74) is 3.67. The summed E-state index contributed by atoms with van der Waals surface area (Å²) in [6.45, 7) is 2.42. The van der Waals surface area contributed by atoms with Gasteiger partial charge in [0.2, 0.25) is 0 Å². The smallest absolute Gasteiger partial charge is 0.329 e. The molecule has 3 rings (SSSR count). The third kappa shape index (κ3) is 7.15. The molecule has 9 nitrogen and oxygen atoms in total. The van der Waals surface area contributed by atoms with Crippen LogP contribution in [0.1, 0.15) is 22.8 Å². The van der Waals surface area contributed by atoms with Crippen molar-refractivity contribution < 1.29 is 23.9 Å². The van der Waals surface area contributed by atoms with Gasteiger partial charge in [-0.25, -0.2) is 5.43 Å². The van der Waals surface area contributed by atoms with Crippen LogP contribution < -0.4 is 25.5 Å². The summed E-state index contributed by atoms with van der Waals surface area (Å²) in [6.07, 6.45) is 1.35. The first-order valence-corrected chi connectivity index (χ1v) is 11.3. The van der Waals surface area contributed by atoms with E-state index < -0.39 is 17.7 Å². The van der Waals surface area contributed by atoms with E-state index in [1.54, 1.807) is 54.6 Å². The normalized spacial score (nSPS) is 10.5. The number of hydrogen-bond donors (Lipinski definition) is 3. The summed E-state index contributed by atoms with van der Waals surface area (Å²) in [7, 11) is 1.51. The fourth-order valence-electron chi connectivity index (χ4n) is 2.99. The van der Waals surface area contributed by atoms with Gasteiger partial charge in [0.15, 0.2) is 0 Å². The number of rotatable bonds is 8. The molecule has 3 aromatic rings. The van der Waals surface area contributed by atoms with E-state index in [4.69, 9.17) is 9.47 Å². The van der Waals surface area contributed by atoms with E-state index in [1.165, 1.54) is 25.5 Å². The molecule has 0 fully saturated rings. The van der Waals surface area contributed by atoms with Crippen molar-refractivity contribution in [1.29, 1.82) is 0 Å². The highest BCUT2D eigenvalue weighted by atomic mass is 79.9. The van der Waals surface area contributed by atoms with Gasteiger partial charge in [0.05, 0.1) is 31.2 Å². The van der Waals surface area contributed by atoms with Crippen LogP contribution in [0.3, 0.4) is 0 Å². The van der Waals surface area contributed by atoms with Gasteiger partial charge in [0, 0.05) is 15.7 Å². The van der Waals surface area contributed by atoms with Crippen LogP contribution in [-0.2, 0) is 9.59 Å². The molecule has 0 heterocycles. The molecule has 0 atom stereocenters. The largest absolute Gasteiger partial charge is 0.496 e. The molecule has 0 saturated heterocycles. The Balaban J connectivity index is 1.64. The summed E-state index contributed by atoms with van der Waals surface area (Å²) in [4.78, 5) is 37.4. The molecule has 3 N–H and O–H groups in total. The second kappa shape index (κ2) is 12.3. The molecule has 0 spiro atoms. The maximum absolute atomic E-state index is 12.8. The van der Waals surface area contributed by atoms with Gasteiger partial charge in [-0.3, -0.25) is 14.4 Å². The number of carbonyl (C=O) groups is 3. The molecular formula is C25H23BrN4O5. The van der Waals surface area contributed by atoms with E-state index in [0.717, 1.165) is 4.47 Å². The molecule has 0 aromatic heterocycles. The number of amides is 3. The number of nitrogens with zero attached hydrogens (tertiary/aromatic N) is 1. The molecule has 0 aliphatic heterocycles. The number of carbonyl (C=O) groups excluding carboxylic acids is 3. The predicted molar refractivity (Wildman–Crippen MR) is 137 cm³/mol. The van der Waals surface area contributed by atoms with E-state index in [2.05, 4.69) is 37.1 Å². The first-order chi connectivity index (χ1) is 16.9. The molecule has 35 heavy (non-hydrogen) atoms. The molecule has 0 radical (unpaired) electrons. The number of methoxy groups -OCH3 is 1. The number of ether oxygens (including phenoxy) is 2. The van der Waals surface area contributed by atoms with Crippen LogP contribution in [-0.4, -0.2) is 37.7 Å². The second-order valence-corrected chi connectivity index (χ2v) is 7.91. The zero-order chi connectivity index (χ0) is 25.2. The lowest BCUT2D eigenvalue weighted by Gasteiger charge is -2.11. The monoisotopic (exact) mass is 538 g/mol. The molecule has 3 aromatic carbocycles. The minimum Gasteiger partial charge on any atom is -0.496 e. The van der Waals surface area contributed by atoms with E-state index in [9.17, 15) is 14.4 Å². The zero-order valence-electron chi connectivity index (χ0n) is 19.0. The summed E-state index contributed by atoms with van der Waals surface area (Å²) >= 11 is 3.35. The number of hydrazone groups is 1. The summed E-state index contributed by atoms with van der Waals surface area (Å²) in [6, 6.07) is 18.5. The number of benzene rings is 3. The average molecular weight is 539 g/mol. The maximum Gasteiger partial charge on any atom is 0.329 e. The van der Waals surface area contributed by atoms with Gasteiger partial charge in [-0.15, -0.1) is 0 Å². The van der Waals surface area contributed by atoms with Gasteiger partial charge in [0.1, 0.15) is 11.5 Å². The summed E-state index contributed by atoms with van der Waals surface area (Å²) < 4.78 is 11.4. The molecule has 180 valence electrons. The van der Waals surface area contributed by atoms with Crippen LogP contribution >= 0.6 is 15.9 Å². The average Bonchev–Trinajstić information content (AvgIpc) is 2.85. The standard InChI is InChI=1S/C25H23BrN4O5/c1-3-35-19-11-9-18(10-12-19)28-23(31)20-6-4-5-7-21(20)29-24(32)25(33)30-27-15-16-14-17(26)8-13-22(16)34-2/h4-15H,3H2,1-2H3,(H,28,31)(H,29,32)(H,30,33). The Morgan fingerprint density at radius 1 is 0.971 bits per heavy atom. The summed E-state index contributed by atoms with van der Waals surface area (Å²) in [5.74, 6) is -1.21. The third-order valence-corrected chi connectivity index (χ3v) is 5.10. The lowest BCUT2D eigenvalue weighted by Crippen LogP contribution is -2.33. The fourth-order valence-corrected chi connectivity index (χ4v) is 3.36. The van der Waals surface area contributed by atoms with E-state index in [-0.39, 0.29) is 11.3 Å². The van der Waals surface area contributed by atoms with Crippen LogP contribution in [0.15, 0.2) is 76.3 Å². The highest BCUT2D eigenvalue weighted by molar-refractivity contribution is 9.10. The van der Waals surface area contributed by atoms with Crippen molar-refractivity contribution >= 4 is 51.2 Å². The molecular weight excluding hydrogens is 516 g/mol. The van der Waals surface area contributed by atoms with Gasteiger partial charge in [-0.2, -0.15) is 5.10 Å². The molecule has 10 heteroatoms. The molecule has 0 aliphatic rings. The van der Waals surface area contributed by atoms with Crippen molar-refractivity contribution in [3.05, 3.63) is 82.3 Å². The van der Waals surface area contributed by atoms with Gasteiger partial charge < -0.3 is 20.1 Å². The zero-order valence-corrected chi connectivity index (χ0v) is 20.6. The third-order valence-electron chi connectivity index (χ3n) is 4.61. The van der Waals surface area contributed by atoms with Crippen LogP contribution in [0.5, 0.6) is 11.5 Å². The predicted octanol–water partition coefficient (Wildman–Crippen LogP) is 4.20. The highest BCUT2D eigenvalue weighted by Gasteiger charge is 2.18. The minimum atomic E-state index is -1.00. The van der Waals surface area contributed by atoms with Crippen molar-refractivity contribution in [1.82, 2.24) is 5.43 Å². The Labute approximate surface area is 210 Å². The molecule has 3 amide bonds. The minimum absolute atomic E-state index is 0.175. The molecule has 0 bridgehead atoms. The molecule has 0 saturated carbocycles. The Morgan fingerprint density at radius 2 is 1.71 bits per heavy atom. The summed E-state index contributed by atoms with van der Waals surface area (Å²) in [5, 5.41) is 9.01. The Bertz CT molecular complexity index is 1240. The van der Waals surface area contributed by atoms with Crippen molar-refractivity contribution in [3.8, 4) is 11.5 Å². The Kier molecular flexibility index (Phi) is 8.96. The second-order valence-electron chi connectivity index (χ2n) is 7.00. The maximum atomic E-state index is 12.8. The van der Waals surface area contributed by atoms with E-state index in [1.807, 2.05) is 6.92 Å². The highest BCUT2D eigenvalue weighted by Crippen LogP contribution is 2.22. The van der Waals surface area contributed by atoms with Crippen LogP contribution in [0.4, 0.5) is 11.4 Å². The van der Waals surface area contributed by atoms with Crippen molar-refractivity contribution in [2.24, 2.45) is 5.10 Å². The molecule has 0 unspecified atom stereocenters. The van der Waals surface area contributed by atoms with Crippen molar-refractivity contribution in [2.45, 2.75) is 6.92 Å². The van der Waals surface area contributed by atoms with E-state index in [0.29, 0.717) is 29.4 Å². The first-order valence-electron chi connectivity index (χ1n) is 10.5. The number of anilines is 2. The quantitative estimate of drug-likeness (QED) is 0.225. The van der Waals surface area contributed by atoms with Crippen LogP contribution in [0.2, 0.25) is 0 Å². The lowest BCUT2D eigenvalue weighted by atomic mass is 10.1. The van der Waals surface area contributed by atoms with Crippen LogP contribution in [0, 0.1) is 0 Å². The Hall–Kier alpha value is -4.18. The van der Waals surface area contributed by atoms with Gasteiger partial charge in [0.25, 0.3) is 5.91 Å². The number of para-hydroxylation sites is 1. The van der Waals surface area contributed by atoms with Crippen LogP contribution in [0.25, 0.3) is 0 Å². The van der Waals surface area contributed by atoms with Gasteiger partial charge in [-0.05, 0) is 61.5 Å². The molecule has 0 aliphatic carbocycles. The van der Waals surface area contributed by atoms with Gasteiger partial charge >= 0.3 is 11.8 Å². The first kappa shape index (κ1) is 25.4. The SMILES string of the molecule is CCOc1ccc(NC(=O)c2ccccc2NC(=O)C(=O)NN=Cc2cc(Br)ccc2OC)cc1. The Morgan fingerprint density at radius 3 is 2.43 bits per heavy atom.